The third kappa shape index (κ3) is 6.04. The van der Waals surface area contributed by atoms with E-state index in [-0.39, 0.29) is 16.5 Å². The van der Waals surface area contributed by atoms with E-state index >= 15 is 0 Å². The molecule has 0 aliphatic heterocycles. The first-order valence-corrected chi connectivity index (χ1v) is 11.3. The van der Waals surface area contributed by atoms with Gasteiger partial charge in [0.25, 0.3) is 5.91 Å². The van der Waals surface area contributed by atoms with Crippen LogP contribution in [0.2, 0.25) is 5.02 Å². The number of ether oxygens (including phenoxy) is 1. The summed E-state index contributed by atoms with van der Waals surface area (Å²) in [6.45, 7) is 5.57. The van der Waals surface area contributed by atoms with E-state index in [4.69, 9.17) is 16.3 Å². The molecule has 162 valence electrons. The van der Waals surface area contributed by atoms with Gasteiger partial charge >= 0.3 is 5.97 Å². The summed E-state index contributed by atoms with van der Waals surface area (Å²) in [6.07, 6.45) is 0. The maximum Gasteiger partial charge on any atom is 0.338 e. The molecule has 2 aromatic carbocycles. The molecule has 0 fully saturated rings. The Balaban J connectivity index is 1.93. The Morgan fingerprint density at radius 1 is 1.03 bits per heavy atom. The monoisotopic (exact) mass is 452 g/mol. The fourth-order valence-electron chi connectivity index (χ4n) is 2.81. The summed E-state index contributed by atoms with van der Waals surface area (Å²) in [5.41, 5.74) is 1.02. The lowest BCUT2D eigenvalue weighted by Crippen LogP contribution is -2.31. The van der Waals surface area contributed by atoms with Crippen LogP contribution in [0.25, 0.3) is 0 Å². The van der Waals surface area contributed by atoms with E-state index in [0.717, 1.165) is 5.56 Å². The SMILES string of the molecule is CCN(CC)S(=O)(=O)c1ccc(C(=O)OCC(=O)NC(C)c2ccc(Cl)cc2)cc1. The lowest BCUT2D eigenvalue weighted by molar-refractivity contribution is -0.124. The highest BCUT2D eigenvalue weighted by Crippen LogP contribution is 2.17. The Kier molecular flexibility index (Phi) is 8.40. The van der Waals surface area contributed by atoms with E-state index in [1.54, 1.807) is 45.0 Å². The molecule has 0 radical (unpaired) electrons. The average molecular weight is 453 g/mol. The first-order valence-electron chi connectivity index (χ1n) is 9.51. The van der Waals surface area contributed by atoms with Gasteiger partial charge in [-0.05, 0) is 48.9 Å². The molecule has 0 aliphatic carbocycles. The Hall–Kier alpha value is -2.42. The molecule has 0 saturated carbocycles. The van der Waals surface area contributed by atoms with Crippen LogP contribution in [0.3, 0.4) is 0 Å². The van der Waals surface area contributed by atoms with Crippen molar-refractivity contribution in [2.24, 2.45) is 0 Å². The van der Waals surface area contributed by atoms with Gasteiger partial charge in [0.15, 0.2) is 6.61 Å². The van der Waals surface area contributed by atoms with E-state index < -0.39 is 28.5 Å². The van der Waals surface area contributed by atoms with Crippen molar-refractivity contribution in [1.29, 1.82) is 0 Å². The fraction of sp³-hybridized carbons (Fsp3) is 0.333. The summed E-state index contributed by atoms with van der Waals surface area (Å²) >= 11 is 5.85. The smallest absolute Gasteiger partial charge is 0.338 e. The van der Waals surface area contributed by atoms with E-state index in [2.05, 4.69) is 5.32 Å². The molecule has 0 heterocycles. The Morgan fingerprint density at radius 3 is 2.13 bits per heavy atom. The lowest BCUT2D eigenvalue weighted by Gasteiger charge is -2.18. The quantitative estimate of drug-likeness (QED) is 0.588. The molecular weight excluding hydrogens is 428 g/mol. The van der Waals surface area contributed by atoms with Gasteiger partial charge in [0.1, 0.15) is 0 Å². The molecule has 0 aliphatic rings. The summed E-state index contributed by atoms with van der Waals surface area (Å²) in [5.74, 6) is -1.16. The van der Waals surface area contributed by atoms with Crippen LogP contribution in [-0.4, -0.2) is 44.3 Å². The minimum Gasteiger partial charge on any atom is -0.452 e. The van der Waals surface area contributed by atoms with Crippen LogP contribution in [0.5, 0.6) is 0 Å². The average Bonchev–Trinajstić information content (AvgIpc) is 2.73. The number of hydrogen-bond donors (Lipinski definition) is 1. The molecule has 1 amide bonds. The molecule has 7 nitrogen and oxygen atoms in total. The summed E-state index contributed by atoms with van der Waals surface area (Å²) in [6, 6.07) is 12.2. The molecule has 1 N–H and O–H groups in total. The van der Waals surface area contributed by atoms with Crippen LogP contribution in [0.1, 0.15) is 42.7 Å². The number of rotatable bonds is 9. The molecular formula is C21H25ClN2O5S. The second-order valence-corrected chi connectivity index (χ2v) is 8.90. The first-order chi connectivity index (χ1) is 14.2. The largest absolute Gasteiger partial charge is 0.452 e. The number of sulfonamides is 1. The highest BCUT2D eigenvalue weighted by Gasteiger charge is 2.22. The van der Waals surface area contributed by atoms with Crippen molar-refractivity contribution in [2.45, 2.75) is 31.7 Å². The molecule has 0 saturated heterocycles. The lowest BCUT2D eigenvalue weighted by atomic mass is 10.1. The standard InChI is InChI=1S/C21H25ClN2O5S/c1-4-24(5-2)30(27,28)19-12-8-17(9-13-19)21(26)29-14-20(25)23-15(3)16-6-10-18(22)11-7-16/h6-13,15H,4-5,14H2,1-3H3,(H,23,25). The second kappa shape index (κ2) is 10.6. The number of carbonyl (C=O) groups is 2. The van der Waals surface area contributed by atoms with Gasteiger partial charge in [-0.25, -0.2) is 13.2 Å². The third-order valence-corrected chi connectivity index (χ3v) is 6.83. The van der Waals surface area contributed by atoms with Crippen LogP contribution >= 0.6 is 11.6 Å². The number of carbonyl (C=O) groups excluding carboxylic acids is 2. The Bertz CT molecular complexity index is 971. The third-order valence-electron chi connectivity index (χ3n) is 4.52. The number of esters is 1. The number of nitrogens with zero attached hydrogens (tertiary/aromatic N) is 1. The zero-order chi connectivity index (χ0) is 22.3. The first kappa shape index (κ1) is 23.9. The van der Waals surface area contributed by atoms with Gasteiger partial charge in [0.05, 0.1) is 16.5 Å². The maximum absolute atomic E-state index is 12.5. The predicted octanol–water partition coefficient (Wildman–Crippen LogP) is 3.40. The van der Waals surface area contributed by atoms with Crippen LogP contribution in [-0.2, 0) is 19.6 Å². The van der Waals surface area contributed by atoms with Crippen molar-refractivity contribution < 1.29 is 22.7 Å². The van der Waals surface area contributed by atoms with Gasteiger partial charge in [-0.15, -0.1) is 0 Å². The topological polar surface area (TPSA) is 92.8 Å². The van der Waals surface area contributed by atoms with Gasteiger partial charge in [0.2, 0.25) is 10.0 Å². The predicted molar refractivity (Wildman–Crippen MR) is 115 cm³/mol. The Morgan fingerprint density at radius 2 is 1.60 bits per heavy atom. The van der Waals surface area contributed by atoms with Crippen LogP contribution in [0, 0.1) is 0 Å². The molecule has 0 bridgehead atoms. The number of nitrogens with one attached hydrogen (secondary N) is 1. The number of benzene rings is 2. The van der Waals surface area contributed by atoms with Crippen molar-refractivity contribution in [3.63, 3.8) is 0 Å². The van der Waals surface area contributed by atoms with Gasteiger partial charge in [0, 0.05) is 18.1 Å². The summed E-state index contributed by atoms with van der Waals surface area (Å²) in [5, 5.41) is 3.33. The zero-order valence-electron chi connectivity index (χ0n) is 17.1. The summed E-state index contributed by atoms with van der Waals surface area (Å²) in [7, 11) is -3.60. The molecule has 9 heteroatoms. The minimum absolute atomic E-state index is 0.0947. The molecule has 2 rings (SSSR count). The van der Waals surface area contributed by atoms with Crippen molar-refractivity contribution in [3.8, 4) is 0 Å². The van der Waals surface area contributed by atoms with Gasteiger partial charge < -0.3 is 10.1 Å². The van der Waals surface area contributed by atoms with Crippen LogP contribution < -0.4 is 5.32 Å². The van der Waals surface area contributed by atoms with E-state index in [1.165, 1.54) is 28.6 Å². The van der Waals surface area contributed by atoms with Crippen molar-refractivity contribution in [1.82, 2.24) is 9.62 Å². The zero-order valence-corrected chi connectivity index (χ0v) is 18.7. The highest BCUT2D eigenvalue weighted by molar-refractivity contribution is 7.89. The number of amides is 1. The molecule has 0 spiro atoms. The second-order valence-electron chi connectivity index (χ2n) is 6.53. The van der Waals surface area contributed by atoms with Gasteiger partial charge in [-0.3, -0.25) is 4.79 Å². The number of halogens is 1. The van der Waals surface area contributed by atoms with Gasteiger partial charge in [-0.2, -0.15) is 4.31 Å². The van der Waals surface area contributed by atoms with E-state index in [9.17, 15) is 18.0 Å². The molecule has 0 aromatic heterocycles. The molecule has 1 unspecified atom stereocenters. The van der Waals surface area contributed by atoms with Crippen molar-refractivity contribution in [3.05, 3.63) is 64.7 Å². The van der Waals surface area contributed by atoms with E-state index in [1.807, 2.05) is 0 Å². The minimum atomic E-state index is -3.60. The Labute approximate surface area is 182 Å². The number of hydrogen-bond acceptors (Lipinski definition) is 5. The van der Waals surface area contributed by atoms with Crippen LogP contribution in [0.15, 0.2) is 53.4 Å². The maximum atomic E-state index is 12.5. The van der Waals surface area contributed by atoms with Crippen molar-refractivity contribution >= 4 is 33.5 Å². The van der Waals surface area contributed by atoms with Crippen molar-refractivity contribution in [2.75, 3.05) is 19.7 Å². The summed E-state index contributed by atoms with van der Waals surface area (Å²) < 4.78 is 31.3. The van der Waals surface area contributed by atoms with Crippen LogP contribution in [0.4, 0.5) is 0 Å². The fourth-order valence-corrected chi connectivity index (χ4v) is 4.39. The molecule has 30 heavy (non-hydrogen) atoms. The highest BCUT2D eigenvalue weighted by atomic mass is 35.5. The van der Waals surface area contributed by atoms with E-state index in [0.29, 0.717) is 18.1 Å². The molecule has 1 atom stereocenters. The van der Waals surface area contributed by atoms with Gasteiger partial charge in [-0.1, -0.05) is 37.6 Å². The molecule has 2 aromatic rings. The normalized spacial score (nSPS) is 12.4. The summed E-state index contributed by atoms with van der Waals surface area (Å²) in [4.78, 5) is 24.3.